The molecule has 7 nitrogen and oxygen atoms in total. The number of primary amides is 1. The maximum absolute atomic E-state index is 11.8. The lowest BCUT2D eigenvalue weighted by Gasteiger charge is -2.24. The summed E-state index contributed by atoms with van der Waals surface area (Å²) in [4.78, 5) is 33.6. The van der Waals surface area contributed by atoms with Crippen LogP contribution in [0.4, 0.5) is 0 Å². The van der Waals surface area contributed by atoms with E-state index < -0.39 is 11.9 Å². The molecule has 3 amide bonds. The molecule has 0 spiro atoms. The maximum atomic E-state index is 11.8. The van der Waals surface area contributed by atoms with E-state index in [1.807, 2.05) is 0 Å². The summed E-state index contributed by atoms with van der Waals surface area (Å²) in [5.41, 5.74) is 4.97. The van der Waals surface area contributed by atoms with Crippen LogP contribution in [-0.2, 0) is 14.4 Å². The van der Waals surface area contributed by atoms with E-state index in [1.54, 1.807) is 0 Å². The van der Waals surface area contributed by atoms with Crippen LogP contribution < -0.4 is 16.4 Å². The summed E-state index contributed by atoms with van der Waals surface area (Å²) in [6.45, 7) is 2.14. The van der Waals surface area contributed by atoms with E-state index in [9.17, 15) is 14.4 Å². The van der Waals surface area contributed by atoms with Gasteiger partial charge >= 0.3 is 0 Å². The van der Waals surface area contributed by atoms with Crippen molar-refractivity contribution in [3.8, 4) is 0 Å². The smallest absolute Gasteiger partial charge is 0.243 e. The van der Waals surface area contributed by atoms with Crippen molar-refractivity contribution >= 4 is 17.7 Å². The highest BCUT2D eigenvalue weighted by atomic mass is 16.2. The van der Waals surface area contributed by atoms with Crippen molar-refractivity contribution in [2.75, 3.05) is 34.2 Å². The van der Waals surface area contributed by atoms with E-state index in [0.29, 0.717) is 6.42 Å². The Hall–Kier alpha value is -1.63. The molecule has 0 aliphatic carbocycles. The lowest BCUT2D eigenvalue weighted by molar-refractivity contribution is -0.870. The van der Waals surface area contributed by atoms with Crippen molar-refractivity contribution in [3.63, 3.8) is 0 Å². The maximum Gasteiger partial charge on any atom is 0.243 e. The lowest BCUT2D eigenvalue weighted by Crippen LogP contribution is -2.48. The minimum Gasteiger partial charge on any atom is -0.368 e. The molecule has 0 rings (SSSR count). The molecule has 0 fully saturated rings. The van der Waals surface area contributed by atoms with Crippen LogP contribution in [0.1, 0.15) is 26.2 Å². The number of carbonyl (C=O) groups excluding carboxylic acids is 3. The van der Waals surface area contributed by atoms with E-state index in [2.05, 4.69) is 31.8 Å². The number of carbonyl (C=O) groups is 3. The summed E-state index contributed by atoms with van der Waals surface area (Å²) >= 11 is 0. The summed E-state index contributed by atoms with van der Waals surface area (Å²) < 4.78 is 0.860. The molecule has 0 aliphatic rings. The van der Waals surface area contributed by atoms with Gasteiger partial charge in [-0.1, -0.05) is 0 Å². The Morgan fingerprint density at radius 3 is 2.20 bits per heavy atom. The lowest BCUT2D eigenvalue weighted by atomic mass is 10.1. The Balaban J connectivity index is 4.24. The zero-order chi connectivity index (χ0) is 15.8. The molecule has 0 saturated heterocycles. The van der Waals surface area contributed by atoms with Crippen LogP contribution in [0.25, 0.3) is 0 Å². The van der Waals surface area contributed by atoms with Crippen LogP contribution >= 0.6 is 0 Å². The van der Waals surface area contributed by atoms with Gasteiger partial charge in [0.15, 0.2) is 0 Å². The van der Waals surface area contributed by atoms with E-state index >= 15 is 0 Å². The monoisotopic (exact) mass is 287 g/mol. The van der Waals surface area contributed by atoms with Crippen LogP contribution in [0.3, 0.4) is 0 Å². The van der Waals surface area contributed by atoms with Gasteiger partial charge in [0, 0.05) is 6.92 Å². The highest BCUT2D eigenvalue weighted by molar-refractivity contribution is 5.89. The van der Waals surface area contributed by atoms with Gasteiger partial charge in [0.2, 0.25) is 17.7 Å². The molecule has 20 heavy (non-hydrogen) atoms. The summed E-state index contributed by atoms with van der Waals surface area (Å²) in [6, 6.07) is -0.612. The summed E-state index contributed by atoms with van der Waals surface area (Å²) in [7, 11) is 6.31. The SMILES string of the molecule is CC(=O)NC(CCCC[N+](C)(C)C)C(=O)NCC(N)=O. The molecule has 0 aliphatic heterocycles. The van der Waals surface area contributed by atoms with Gasteiger partial charge < -0.3 is 20.9 Å². The molecule has 0 heterocycles. The quantitative estimate of drug-likeness (QED) is 0.373. The van der Waals surface area contributed by atoms with Crippen molar-refractivity contribution in [2.24, 2.45) is 5.73 Å². The predicted molar refractivity (Wildman–Crippen MR) is 76.6 cm³/mol. The largest absolute Gasteiger partial charge is 0.368 e. The molecule has 7 heteroatoms. The van der Waals surface area contributed by atoms with Gasteiger partial charge in [0.1, 0.15) is 6.04 Å². The van der Waals surface area contributed by atoms with Crippen LogP contribution in [0.5, 0.6) is 0 Å². The van der Waals surface area contributed by atoms with Crippen molar-refractivity contribution in [2.45, 2.75) is 32.2 Å². The molecular weight excluding hydrogens is 260 g/mol. The predicted octanol–water partition coefficient (Wildman–Crippen LogP) is -1.03. The molecule has 1 atom stereocenters. The van der Waals surface area contributed by atoms with Crippen LogP contribution in [0.15, 0.2) is 0 Å². The molecule has 0 aromatic rings. The topological polar surface area (TPSA) is 101 Å². The van der Waals surface area contributed by atoms with Crippen molar-refractivity contribution in [3.05, 3.63) is 0 Å². The number of nitrogens with one attached hydrogen (secondary N) is 2. The average Bonchev–Trinajstić information content (AvgIpc) is 2.28. The normalized spacial score (nSPS) is 12.6. The first kappa shape index (κ1) is 18.4. The minimum atomic E-state index is -0.612. The second kappa shape index (κ2) is 8.52. The van der Waals surface area contributed by atoms with Gasteiger partial charge in [-0.25, -0.2) is 0 Å². The minimum absolute atomic E-state index is 0.214. The van der Waals surface area contributed by atoms with Crippen molar-refractivity contribution in [1.29, 1.82) is 0 Å². The summed E-state index contributed by atoms with van der Waals surface area (Å²) in [5, 5.41) is 5.01. The third kappa shape index (κ3) is 10.3. The molecule has 1 unspecified atom stereocenters. The first-order chi connectivity index (χ1) is 9.11. The molecule has 0 saturated carbocycles. The molecule has 0 bridgehead atoms. The first-order valence-electron chi connectivity index (χ1n) is 6.75. The standard InChI is InChI=1S/C13H26N4O3/c1-10(18)16-11(13(20)15-9-12(14)19)7-5-6-8-17(2,3)4/h11H,5-9H2,1-4H3,(H3-,14,15,16,18,19,20)/p+1. The van der Waals surface area contributed by atoms with Gasteiger partial charge in [-0.15, -0.1) is 0 Å². The van der Waals surface area contributed by atoms with E-state index in [0.717, 1.165) is 23.9 Å². The molecule has 116 valence electrons. The van der Waals surface area contributed by atoms with Crippen molar-refractivity contribution in [1.82, 2.24) is 10.6 Å². The van der Waals surface area contributed by atoms with E-state index in [-0.39, 0.29) is 18.4 Å². The fourth-order valence-electron chi connectivity index (χ4n) is 1.75. The second-order valence-electron chi connectivity index (χ2n) is 5.95. The van der Waals surface area contributed by atoms with Gasteiger partial charge in [-0.05, 0) is 19.3 Å². The van der Waals surface area contributed by atoms with Crippen LogP contribution in [-0.4, -0.2) is 62.5 Å². The zero-order valence-electron chi connectivity index (χ0n) is 12.9. The third-order valence-corrected chi connectivity index (χ3v) is 2.70. The number of amides is 3. The number of quaternary nitrogens is 1. The first-order valence-corrected chi connectivity index (χ1v) is 6.75. The third-order valence-electron chi connectivity index (χ3n) is 2.70. The Kier molecular flexibility index (Phi) is 7.83. The zero-order valence-corrected chi connectivity index (χ0v) is 12.9. The molecule has 4 N–H and O–H groups in total. The van der Waals surface area contributed by atoms with Gasteiger partial charge in [-0.3, -0.25) is 14.4 Å². The molecule has 0 radical (unpaired) electrons. The Morgan fingerprint density at radius 2 is 1.75 bits per heavy atom. The number of nitrogens with zero attached hydrogens (tertiary/aromatic N) is 1. The van der Waals surface area contributed by atoms with E-state index in [4.69, 9.17) is 5.73 Å². The average molecular weight is 287 g/mol. The summed E-state index contributed by atoms with van der Waals surface area (Å²) in [5.74, 6) is -1.25. The van der Waals surface area contributed by atoms with Gasteiger partial charge in [0.05, 0.1) is 34.2 Å². The Morgan fingerprint density at radius 1 is 1.15 bits per heavy atom. The fourth-order valence-corrected chi connectivity index (χ4v) is 1.75. The van der Waals surface area contributed by atoms with Crippen molar-refractivity contribution < 1.29 is 18.9 Å². The number of hydrogen-bond acceptors (Lipinski definition) is 3. The Bertz CT molecular complexity index is 350. The van der Waals surface area contributed by atoms with Crippen LogP contribution in [0, 0.1) is 0 Å². The summed E-state index contributed by atoms with van der Waals surface area (Å²) in [6.07, 6.45) is 2.33. The highest BCUT2D eigenvalue weighted by Crippen LogP contribution is 2.04. The van der Waals surface area contributed by atoms with E-state index in [1.165, 1.54) is 6.92 Å². The number of unbranched alkanes of at least 4 members (excludes halogenated alkanes) is 1. The highest BCUT2D eigenvalue weighted by Gasteiger charge is 2.19. The Labute approximate surface area is 120 Å². The molecule has 0 aromatic carbocycles. The second-order valence-corrected chi connectivity index (χ2v) is 5.95. The van der Waals surface area contributed by atoms with Crippen LogP contribution in [0.2, 0.25) is 0 Å². The van der Waals surface area contributed by atoms with Gasteiger partial charge in [0.25, 0.3) is 0 Å². The molecule has 0 aromatic heterocycles. The molecular formula is C13H27N4O3+. The fraction of sp³-hybridized carbons (Fsp3) is 0.769. The number of rotatable bonds is 9. The number of nitrogens with two attached hydrogens (primary N) is 1. The van der Waals surface area contributed by atoms with Gasteiger partial charge in [-0.2, -0.15) is 0 Å². The number of hydrogen-bond donors (Lipinski definition) is 3.